The zero-order valence-electron chi connectivity index (χ0n) is 10.5. The topological polar surface area (TPSA) is 78.4 Å². The van der Waals surface area contributed by atoms with Crippen molar-refractivity contribution in [1.82, 2.24) is 5.32 Å². The van der Waals surface area contributed by atoms with Crippen molar-refractivity contribution in [1.29, 1.82) is 0 Å². The molecule has 19 heavy (non-hydrogen) atoms. The molecule has 2 amide bonds. The first-order valence-electron chi connectivity index (χ1n) is 6.09. The molecule has 0 aliphatic carbocycles. The number of para-hydroxylation sites is 1. The van der Waals surface area contributed by atoms with Crippen LogP contribution in [0.3, 0.4) is 0 Å². The zero-order valence-corrected chi connectivity index (χ0v) is 10.5. The van der Waals surface area contributed by atoms with Crippen LogP contribution in [0.5, 0.6) is 0 Å². The van der Waals surface area contributed by atoms with E-state index in [1.54, 1.807) is 6.07 Å². The van der Waals surface area contributed by atoms with Crippen molar-refractivity contribution in [2.24, 2.45) is 0 Å². The van der Waals surface area contributed by atoms with Gasteiger partial charge in [0.1, 0.15) is 5.82 Å². The summed E-state index contributed by atoms with van der Waals surface area (Å²) in [5.74, 6) is -2.29. The van der Waals surface area contributed by atoms with Crippen LogP contribution in [0, 0.1) is 5.82 Å². The predicted molar refractivity (Wildman–Crippen MR) is 69.0 cm³/mol. The van der Waals surface area contributed by atoms with Crippen molar-refractivity contribution in [3.8, 4) is 0 Å². The van der Waals surface area contributed by atoms with Crippen molar-refractivity contribution < 1.29 is 19.1 Å². The number of benzene rings is 1. The highest BCUT2D eigenvalue weighted by Crippen LogP contribution is 2.11. The van der Waals surface area contributed by atoms with Gasteiger partial charge in [0.25, 0.3) is 0 Å². The number of aliphatic hydroxyl groups excluding tert-OH is 1. The molecule has 1 aromatic carbocycles. The Morgan fingerprint density at radius 3 is 2.53 bits per heavy atom. The third-order valence-corrected chi connectivity index (χ3v) is 2.45. The molecule has 0 heterocycles. The number of aliphatic hydroxyl groups is 1. The van der Waals surface area contributed by atoms with E-state index >= 15 is 0 Å². The molecular formula is C13H17FN2O3. The van der Waals surface area contributed by atoms with E-state index in [0.717, 1.165) is 6.42 Å². The molecule has 5 nitrogen and oxygen atoms in total. The van der Waals surface area contributed by atoms with Gasteiger partial charge in [-0.1, -0.05) is 12.1 Å². The average Bonchev–Trinajstić information content (AvgIpc) is 2.41. The fourth-order valence-corrected chi connectivity index (χ4v) is 1.44. The van der Waals surface area contributed by atoms with E-state index in [-0.39, 0.29) is 12.3 Å². The summed E-state index contributed by atoms with van der Waals surface area (Å²) in [5.41, 5.74) is -0.0251. The van der Waals surface area contributed by atoms with Crippen LogP contribution < -0.4 is 10.6 Å². The highest BCUT2D eigenvalue weighted by atomic mass is 19.1. The number of hydrogen-bond acceptors (Lipinski definition) is 3. The maximum absolute atomic E-state index is 13.2. The molecule has 1 aromatic rings. The van der Waals surface area contributed by atoms with Crippen LogP contribution in [0.2, 0.25) is 0 Å². The van der Waals surface area contributed by atoms with E-state index in [1.165, 1.54) is 18.2 Å². The highest BCUT2D eigenvalue weighted by molar-refractivity contribution is 6.39. The lowest BCUT2D eigenvalue weighted by Gasteiger charge is -2.06. The summed E-state index contributed by atoms with van der Waals surface area (Å²) in [6.45, 7) is 0.464. The van der Waals surface area contributed by atoms with Gasteiger partial charge in [-0.3, -0.25) is 9.59 Å². The third kappa shape index (κ3) is 5.48. The molecule has 1 rings (SSSR count). The molecule has 0 aliphatic heterocycles. The predicted octanol–water partition coefficient (Wildman–Crippen LogP) is 1.04. The first kappa shape index (κ1) is 15.1. The summed E-state index contributed by atoms with van der Waals surface area (Å²) in [7, 11) is 0. The van der Waals surface area contributed by atoms with Crippen LogP contribution in [0.4, 0.5) is 10.1 Å². The van der Waals surface area contributed by atoms with Crippen LogP contribution in [-0.2, 0) is 9.59 Å². The number of unbranched alkanes of at least 4 members (excludes halogenated alkanes) is 2. The number of carbonyl (C=O) groups excluding carboxylic acids is 2. The molecule has 0 spiro atoms. The van der Waals surface area contributed by atoms with Crippen LogP contribution >= 0.6 is 0 Å². The summed E-state index contributed by atoms with van der Waals surface area (Å²) < 4.78 is 13.2. The molecular weight excluding hydrogens is 251 g/mol. The highest BCUT2D eigenvalue weighted by Gasteiger charge is 2.14. The Morgan fingerprint density at radius 2 is 1.84 bits per heavy atom. The molecule has 6 heteroatoms. The van der Waals surface area contributed by atoms with Crippen molar-refractivity contribution >= 4 is 17.5 Å². The Labute approximate surface area is 110 Å². The van der Waals surface area contributed by atoms with Crippen molar-refractivity contribution in [2.75, 3.05) is 18.5 Å². The summed E-state index contributed by atoms with van der Waals surface area (Å²) in [5, 5.41) is 13.2. The van der Waals surface area contributed by atoms with Gasteiger partial charge in [-0.2, -0.15) is 0 Å². The van der Waals surface area contributed by atoms with Gasteiger partial charge in [-0.25, -0.2) is 4.39 Å². The fraction of sp³-hybridized carbons (Fsp3) is 0.385. The van der Waals surface area contributed by atoms with Gasteiger partial charge in [-0.05, 0) is 31.4 Å². The van der Waals surface area contributed by atoms with Gasteiger partial charge in [-0.15, -0.1) is 0 Å². The van der Waals surface area contributed by atoms with Crippen molar-refractivity contribution in [3.05, 3.63) is 30.1 Å². The standard InChI is InChI=1S/C13H17FN2O3/c14-10-6-2-3-7-11(10)16-13(19)12(18)15-8-4-1-5-9-17/h2-3,6-7,17H,1,4-5,8-9H2,(H,15,18)(H,16,19). The Morgan fingerprint density at radius 1 is 1.11 bits per heavy atom. The largest absolute Gasteiger partial charge is 0.396 e. The average molecular weight is 268 g/mol. The van der Waals surface area contributed by atoms with E-state index in [9.17, 15) is 14.0 Å². The Hall–Kier alpha value is -1.95. The molecule has 0 aromatic heterocycles. The number of anilines is 1. The third-order valence-electron chi connectivity index (χ3n) is 2.45. The van der Waals surface area contributed by atoms with Crippen LogP contribution in [0.15, 0.2) is 24.3 Å². The molecule has 0 atom stereocenters. The first-order chi connectivity index (χ1) is 9.15. The Bertz CT molecular complexity index is 438. The lowest BCUT2D eigenvalue weighted by molar-refractivity contribution is -0.136. The summed E-state index contributed by atoms with van der Waals surface area (Å²) in [6, 6.07) is 5.63. The summed E-state index contributed by atoms with van der Waals surface area (Å²) >= 11 is 0. The second-order valence-corrected chi connectivity index (χ2v) is 3.97. The Balaban J connectivity index is 2.33. The number of amides is 2. The molecule has 0 unspecified atom stereocenters. The second kappa shape index (κ2) is 8.20. The second-order valence-electron chi connectivity index (χ2n) is 3.97. The van der Waals surface area contributed by atoms with Crippen molar-refractivity contribution in [2.45, 2.75) is 19.3 Å². The number of carbonyl (C=O) groups is 2. The summed E-state index contributed by atoms with van der Waals surface area (Å²) in [4.78, 5) is 22.9. The van der Waals surface area contributed by atoms with Gasteiger partial charge in [0.2, 0.25) is 0 Å². The number of halogens is 1. The molecule has 104 valence electrons. The minimum Gasteiger partial charge on any atom is -0.396 e. The SMILES string of the molecule is O=C(NCCCCCO)C(=O)Nc1ccccc1F. The van der Waals surface area contributed by atoms with Gasteiger partial charge in [0, 0.05) is 13.2 Å². The molecule has 0 saturated heterocycles. The quantitative estimate of drug-likeness (QED) is 0.533. The summed E-state index contributed by atoms with van der Waals surface area (Å²) in [6.07, 6.45) is 2.11. The molecule has 0 bridgehead atoms. The zero-order chi connectivity index (χ0) is 14.1. The molecule has 0 saturated carbocycles. The molecule has 0 fully saturated rings. The molecule has 3 N–H and O–H groups in total. The van der Waals surface area contributed by atoms with Gasteiger partial charge in [0.15, 0.2) is 0 Å². The number of rotatable bonds is 6. The minimum atomic E-state index is -0.896. The van der Waals surface area contributed by atoms with E-state index in [4.69, 9.17) is 5.11 Å². The number of hydrogen-bond donors (Lipinski definition) is 3. The van der Waals surface area contributed by atoms with Gasteiger partial charge >= 0.3 is 11.8 Å². The number of nitrogens with one attached hydrogen (secondary N) is 2. The maximum Gasteiger partial charge on any atom is 0.313 e. The van der Waals surface area contributed by atoms with Gasteiger partial charge < -0.3 is 15.7 Å². The monoisotopic (exact) mass is 268 g/mol. The van der Waals surface area contributed by atoms with Gasteiger partial charge in [0.05, 0.1) is 5.69 Å². The van der Waals surface area contributed by atoms with E-state index in [0.29, 0.717) is 19.4 Å². The lowest BCUT2D eigenvalue weighted by atomic mass is 10.2. The Kier molecular flexibility index (Phi) is 6.52. The molecule has 0 aliphatic rings. The van der Waals surface area contributed by atoms with Crippen LogP contribution in [-0.4, -0.2) is 30.1 Å². The minimum absolute atomic E-state index is 0.0251. The van der Waals surface area contributed by atoms with Crippen LogP contribution in [0.1, 0.15) is 19.3 Å². The lowest BCUT2D eigenvalue weighted by Crippen LogP contribution is -2.36. The normalized spacial score (nSPS) is 10.0. The van der Waals surface area contributed by atoms with E-state index in [2.05, 4.69) is 10.6 Å². The van der Waals surface area contributed by atoms with Crippen molar-refractivity contribution in [3.63, 3.8) is 0 Å². The van der Waals surface area contributed by atoms with Crippen LogP contribution in [0.25, 0.3) is 0 Å². The fourth-order valence-electron chi connectivity index (χ4n) is 1.44. The maximum atomic E-state index is 13.2. The molecule has 0 radical (unpaired) electrons. The first-order valence-corrected chi connectivity index (χ1v) is 6.09. The smallest absolute Gasteiger partial charge is 0.313 e. The van der Waals surface area contributed by atoms with E-state index in [1.807, 2.05) is 0 Å². The van der Waals surface area contributed by atoms with E-state index < -0.39 is 17.6 Å².